The van der Waals surface area contributed by atoms with Crippen LogP contribution in [0.5, 0.6) is 5.75 Å². The van der Waals surface area contributed by atoms with Crippen LogP contribution in [0, 0.1) is 12.8 Å². The Morgan fingerprint density at radius 1 is 1.28 bits per heavy atom. The molecule has 0 radical (unpaired) electrons. The molecule has 0 bridgehead atoms. The highest BCUT2D eigenvalue weighted by Gasteiger charge is 2.43. The van der Waals surface area contributed by atoms with Crippen molar-refractivity contribution < 1.29 is 27.0 Å². The van der Waals surface area contributed by atoms with E-state index in [1.807, 2.05) is 4.90 Å². The molecular formula is C22H28ClF4N7O2. The van der Waals surface area contributed by atoms with E-state index in [2.05, 4.69) is 20.4 Å². The number of ether oxygens (including phenoxy) is 2. The summed E-state index contributed by atoms with van der Waals surface area (Å²) in [4.78, 5) is 9.16. The lowest BCUT2D eigenvalue weighted by Gasteiger charge is -2.26. The molecular weight excluding hydrogens is 506 g/mol. The smallest absolute Gasteiger partial charge is 0.421 e. The fraction of sp³-hybridized carbons (Fsp3) is 0.682. The van der Waals surface area contributed by atoms with E-state index in [0.29, 0.717) is 30.0 Å². The lowest BCUT2D eigenvalue weighted by molar-refractivity contribution is -0.137. The number of nitrogens with zero attached hydrogens (tertiary/aromatic N) is 5. The Morgan fingerprint density at radius 3 is 2.69 bits per heavy atom. The quantitative estimate of drug-likeness (QED) is 0.412. The van der Waals surface area contributed by atoms with Gasteiger partial charge in [-0.05, 0) is 37.8 Å². The van der Waals surface area contributed by atoms with Crippen molar-refractivity contribution in [1.82, 2.24) is 24.6 Å². The minimum Gasteiger partial charge on any atom is -0.487 e. The van der Waals surface area contributed by atoms with Crippen LogP contribution in [0.1, 0.15) is 36.6 Å². The summed E-state index contributed by atoms with van der Waals surface area (Å²) < 4.78 is 68.4. The monoisotopic (exact) mass is 533 g/mol. The van der Waals surface area contributed by atoms with Crippen LogP contribution in [0.2, 0.25) is 5.28 Å². The van der Waals surface area contributed by atoms with Gasteiger partial charge in [-0.1, -0.05) is 0 Å². The summed E-state index contributed by atoms with van der Waals surface area (Å²) in [5.74, 6) is 0.171. The zero-order valence-corrected chi connectivity index (χ0v) is 20.4. The lowest BCUT2D eigenvalue weighted by atomic mass is 9.93. The Bertz CT molecular complexity index is 1100. The van der Waals surface area contributed by atoms with Crippen molar-refractivity contribution in [2.45, 2.75) is 56.7 Å². The van der Waals surface area contributed by atoms with Crippen LogP contribution in [0.4, 0.5) is 29.2 Å². The third kappa shape index (κ3) is 4.92. The Morgan fingerprint density at radius 2 is 2.06 bits per heavy atom. The van der Waals surface area contributed by atoms with Crippen molar-refractivity contribution in [3.63, 3.8) is 0 Å². The van der Waals surface area contributed by atoms with Crippen molar-refractivity contribution in [2.24, 2.45) is 5.92 Å². The Balaban J connectivity index is 1.37. The summed E-state index contributed by atoms with van der Waals surface area (Å²) in [6.07, 6.45) is -2.07. The first kappa shape index (κ1) is 25.3. The van der Waals surface area contributed by atoms with Crippen molar-refractivity contribution >= 4 is 23.2 Å². The normalized spacial score (nSPS) is 27.4. The van der Waals surface area contributed by atoms with E-state index in [-0.39, 0.29) is 43.6 Å². The maximum atomic E-state index is 14.4. The standard InChI is InChI=1S/C22H28ClF4N7O2/c1-11-18(19(28)34(32-11)13-3-2-4-13)36-8-12-6-33(17-10-35-9-15(17)24)7-16(12)30-20-14(22(25,26)27)5-29-21(23)31-20/h5,12-13,15-17H,2-4,6-10,28H2,1H3,(H,29,30,31). The van der Waals surface area contributed by atoms with Crippen molar-refractivity contribution in [3.05, 3.63) is 22.7 Å². The molecule has 2 saturated heterocycles. The molecule has 0 aromatic carbocycles. The highest BCUT2D eigenvalue weighted by atomic mass is 35.5. The van der Waals surface area contributed by atoms with Gasteiger partial charge in [0.15, 0.2) is 11.6 Å². The molecule has 5 rings (SSSR count). The van der Waals surface area contributed by atoms with Gasteiger partial charge in [-0.2, -0.15) is 18.3 Å². The number of alkyl halides is 4. The third-order valence-corrected chi connectivity index (χ3v) is 7.42. The largest absolute Gasteiger partial charge is 0.487 e. The molecule has 1 saturated carbocycles. The molecule has 3 aliphatic rings. The first-order valence-electron chi connectivity index (χ1n) is 11.9. The number of nitrogens with two attached hydrogens (primary N) is 1. The van der Waals surface area contributed by atoms with E-state index in [0.717, 1.165) is 19.3 Å². The predicted molar refractivity (Wildman–Crippen MR) is 124 cm³/mol. The van der Waals surface area contributed by atoms with E-state index in [1.165, 1.54) is 0 Å². The second-order valence-electron chi connectivity index (χ2n) is 9.62. The van der Waals surface area contributed by atoms with Crippen molar-refractivity contribution in [3.8, 4) is 5.75 Å². The van der Waals surface area contributed by atoms with Gasteiger partial charge in [0.05, 0.1) is 31.9 Å². The average Bonchev–Trinajstić information content (AvgIpc) is 3.43. The summed E-state index contributed by atoms with van der Waals surface area (Å²) in [7, 11) is 0. The molecule has 2 aromatic heterocycles. The Labute approximate surface area is 210 Å². The number of aromatic nitrogens is 4. The van der Waals surface area contributed by atoms with Crippen LogP contribution in [0.15, 0.2) is 6.20 Å². The van der Waals surface area contributed by atoms with Crippen LogP contribution in [0.3, 0.4) is 0 Å². The Kier molecular flexibility index (Phi) is 6.90. The second kappa shape index (κ2) is 9.82. The molecule has 4 unspecified atom stereocenters. The van der Waals surface area contributed by atoms with Gasteiger partial charge in [0, 0.05) is 31.2 Å². The zero-order valence-electron chi connectivity index (χ0n) is 19.6. The van der Waals surface area contributed by atoms with E-state index in [4.69, 9.17) is 26.8 Å². The van der Waals surface area contributed by atoms with Crippen molar-refractivity contribution in [2.75, 3.05) is 44.0 Å². The maximum absolute atomic E-state index is 14.4. The second-order valence-corrected chi connectivity index (χ2v) is 9.96. The summed E-state index contributed by atoms with van der Waals surface area (Å²) in [5.41, 5.74) is 5.93. The topological polar surface area (TPSA) is 103 Å². The number of anilines is 2. The van der Waals surface area contributed by atoms with Gasteiger partial charge >= 0.3 is 6.18 Å². The van der Waals surface area contributed by atoms with Crippen LogP contribution in [-0.4, -0.2) is 75.8 Å². The highest BCUT2D eigenvalue weighted by molar-refractivity contribution is 6.28. The van der Waals surface area contributed by atoms with Gasteiger partial charge in [-0.25, -0.2) is 19.0 Å². The molecule has 14 heteroatoms. The van der Waals surface area contributed by atoms with Crippen LogP contribution >= 0.6 is 11.6 Å². The molecule has 3 N–H and O–H groups in total. The zero-order chi connectivity index (χ0) is 25.6. The summed E-state index contributed by atoms with van der Waals surface area (Å²) >= 11 is 5.81. The number of rotatable bonds is 7. The minimum absolute atomic E-state index is 0.00372. The molecule has 0 amide bonds. The third-order valence-electron chi connectivity index (χ3n) is 7.24. The highest BCUT2D eigenvalue weighted by Crippen LogP contribution is 2.38. The van der Waals surface area contributed by atoms with Gasteiger partial charge in [-0.3, -0.25) is 4.90 Å². The fourth-order valence-electron chi connectivity index (χ4n) is 5.04. The Hall–Kier alpha value is -2.38. The van der Waals surface area contributed by atoms with E-state index in [9.17, 15) is 17.6 Å². The van der Waals surface area contributed by atoms with Crippen LogP contribution in [-0.2, 0) is 10.9 Å². The van der Waals surface area contributed by atoms with Gasteiger partial charge in [0.1, 0.15) is 23.2 Å². The molecule has 4 atom stereocenters. The molecule has 9 nitrogen and oxygen atoms in total. The first-order valence-corrected chi connectivity index (χ1v) is 12.3. The molecule has 1 aliphatic carbocycles. The average molecular weight is 534 g/mol. The van der Waals surface area contributed by atoms with E-state index >= 15 is 0 Å². The van der Waals surface area contributed by atoms with Crippen LogP contribution < -0.4 is 15.8 Å². The SMILES string of the molecule is Cc1nn(C2CCC2)c(N)c1OCC1CN(C2COCC2F)CC1Nc1nc(Cl)ncc1C(F)(F)F. The van der Waals surface area contributed by atoms with Crippen molar-refractivity contribution in [1.29, 1.82) is 0 Å². The number of aryl methyl sites for hydroxylation is 1. The lowest BCUT2D eigenvalue weighted by Crippen LogP contribution is -2.41. The van der Waals surface area contributed by atoms with E-state index < -0.39 is 35.8 Å². The van der Waals surface area contributed by atoms with E-state index in [1.54, 1.807) is 11.6 Å². The maximum Gasteiger partial charge on any atom is 0.421 e. The number of hydrogen-bond donors (Lipinski definition) is 2. The minimum atomic E-state index is -4.68. The van der Waals surface area contributed by atoms with Gasteiger partial charge in [-0.15, -0.1) is 0 Å². The summed E-state index contributed by atoms with van der Waals surface area (Å²) in [6.45, 7) is 2.82. The van der Waals surface area contributed by atoms with Gasteiger partial charge in [0.2, 0.25) is 5.28 Å². The number of hydrogen-bond acceptors (Lipinski definition) is 8. The summed E-state index contributed by atoms with van der Waals surface area (Å²) in [6, 6.07) is -0.763. The number of nitrogen functional groups attached to an aromatic ring is 1. The predicted octanol–water partition coefficient (Wildman–Crippen LogP) is 3.49. The molecule has 36 heavy (non-hydrogen) atoms. The van der Waals surface area contributed by atoms with Gasteiger partial charge in [0.25, 0.3) is 0 Å². The van der Waals surface area contributed by atoms with Crippen LogP contribution in [0.25, 0.3) is 0 Å². The molecule has 198 valence electrons. The molecule has 2 aliphatic heterocycles. The molecule has 0 spiro atoms. The number of halogens is 5. The fourth-order valence-corrected chi connectivity index (χ4v) is 5.17. The number of nitrogens with one attached hydrogen (secondary N) is 1. The van der Waals surface area contributed by atoms with Gasteiger partial charge < -0.3 is 20.5 Å². The molecule has 4 heterocycles. The number of likely N-dealkylation sites (tertiary alicyclic amines) is 1. The first-order chi connectivity index (χ1) is 17.1. The summed E-state index contributed by atoms with van der Waals surface area (Å²) in [5, 5.41) is 7.10. The molecule has 2 aromatic rings. The molecule has 3 fully saturated rings.